The molecule has 2 aromatic carbocycles. The average Bonchev–Trinajstić information content (AvgIpc) is 2.72. The van der Waals surface area contributed by atoms with Gasteiger partial charge in [-0.05, 0) is 36.4 Å². The molecule has 156 valence electrons. The van der Waals surface area contributed by atoms with Crippen LogP contribution in [0.4, 0.5) is 5.69 Å². The zero-order valence-electron chi connectivity index (χ0n) is 15.8. The molecule has 2 aromatic rings. The molecule has 0 spiro atoms. The molecule has 0 saturated carbocycles. The van der Waals surface area contributed by atoms with Gasteiger partial charge in [0.2, 0.25) is 15.9 Å². The zero-order chi connectivity index (χ0) is 21.0. The molecule has 0 aliphatic carbocycles. The van der Waals surface area contributed by atoms with Gasteiger partial charge in [0.25, 0.3) is 0 Å². The van der Waals surface area contributed by atoms with Gasteiger partial charge >= 0.3 is 0 Å². The van der Waals surface area contributed by atoms with Gasteiger partial charge in [-0.25, -0.2) is 8.42 Å². The summed E-state index contributed by atoms with van der Waals surface area (Å²) in [6.07, 6.45) is 0. The van der Waals surface area contributed by atoms with Gasteiger partial charge in [0.15, 0.2) is 0 Å². The summed E-state index contributed by atoms with van der Waals surface area (Å²) in [5.74, 6) is 0.361. The van der Waals surface area contributed by atoms with E-state index >= 15 is 0 Å². The van der Waals surface area contributed by atoms with Crippen molar-refractivity contribution in [2.24, 2.45) is 0 Å². The third kappa shape index (κ3) is 5.21. The number of ether oxygens (including phenoxy) is 1. The van der Waals surface area contributed by atoms with E-state index < -0.39 is 10.0 Å². The highest BCUT2D eigenvalue weighted by Gasteiger charge is 2.29. The minimum atomic E-state index is -3.58. The Morgan fingerprint density at radius 1 is 1.07 bits per heavy atom. The van der Waals surface area contributed by atoms with Crippen LogP contribution in [-0.2, 0) is 14.8 Å². The number of benzene rings is 2. The van der Waals surface area contributed by atoms with Gasteiger partial charge in [0, 0.05) is 26.2 Å². The van der Waals surface area contributed by atoms with Crippen molar-refractivity contribution in [1.29, 1.82) is 0 Å². The first-order valence-electron chi connectivity index (χ1n) is 8.91. The van der Waals surface area contributed by atoms with Crippen molar-refractivity contribution in [2.75, 3.05) is 45.2 Å². The first kappa shape index (κ1) is 21.9. The summed E-state index contributed by atoms with van der Waals surface area (Å²) in [5, 5.41) is 3.39. The normalized spacial score (nSPS) is 15.8. The molecular formula is C19H21Cl2N3O4S. The Morgan fingerprint density at radius 2 is 1.72 bits per heavy atom. The molecule has 7 nitrogen and oxygen atoms in total. The minimum absolute atomic E-state index is 0.138. The van der Waals surface area contributed by atoms with Gasteiger partial charge in [-0.1, -0.05) is 29.3 Å². The monoisotopic (exact) mass is 457 g/mol. The van der Waals surface area contributed by atoms with Gasteiger partial charge in [-0.2, -0.15) is 4.31 Å². The Labute approximate surface area is 180 Å². The fourth-order valence-corrected chi connectivity index (χ4v) is 4.79. The number of nitrogens with zero attached hydrogens (tertiary/aromatic N) is 2. The average molecular weight is 458 g/mol. The maximum absolute atomic E-state index is 12.8. The highest BCUT2D eigenvalue weighted by Crippen LogP contribution is 2.29. The van der Waals surface area contributed by atoms with E-state index in [4.69, 9.17) is 27.9 Å². The summed E-state index contributed by atoms with van der Waals surface area (Å²) in [6, 6.07) is 11.3. The summed E-state index contributed by atoms with van der Waals surface area (Å²) in [7, 11) is -2.05. The number of rotatable bonds is 6. The molecule has 1 aliphatic heterocycles. The number of nitrogens with one attached hydrogen (secondary N) is 1. The van der Waals surface area contributed by atoms with Crippen LogP contribution in [0.3, 0.4) is 0 Å². The lowest BCUT2D eigenvalue weighted by atomic mass is 10.3. The number of carbonyl (C=O) groups is 1. The van der Waals surface area contributed by atoms with Crippen LogP contribution >= 0.6 is 23.2 Å². The smallest absolute Gasteiger partial charge is 0.243 e. The molecule has 29 heavy (non-hydrogen) atoms. The maximum atomic E-state index is 12.8. The van der Waals surface area contributed by atoms with Crippen molar-refractivity contribution in [2.45, 2.75) is 4.90 Å². The van der Waals surface area contributed by atoms with Crippen molar-refractivity contribution >= 4 is 44.8 Å². The molecule has 3 rings (SSSR count). The van der Waals surface area contributed by atoms with E-state index in [-0.39, 0.29) is 22.4 Å². The molecule has 0 bridgehead atoms. The van der Waals surface area contributed by atoms with Crippen molar-refractivity contribution in [3.63, 3.8) is 0 Å². The molecule has 1 fully saturated rings. The number of sulfonamides is 1. The van der Waals surface area contributed by atoms with Crippen molar-refractivity contribution < 1.29 is 17.9 Å². The predicted octanol–water partition coefficient (Wildman–Crippen LogP) is 2.95. The summed E-state index contributed by atoms with van der Waals surface area (Å²) < 4.78 is 32.1. The van der Waals surface area contributed by atoms with Gasteiger partial charge < -0.3 is 10.1 Å². The Morgan fingerprint density at radius 3 is 2.34 bits per heavy atom. The third-order valence-corrected chi connectivity index (χ3v) is 7.35. The molecule has 0 radical (unpaired) electrons. The number of anilines is 1. The van der Waals surface area contributed by atoms with Crippen LogP contribution in [0.2, 0.25) is 10.0 Å². The molecule has 1 saturated heterocycles. The molecule has 10 heteroatoms. The van der Waals surface area contributed by atoms with Crippen LogP contribution in [-0.4, -0.2) is 63.4 Å². The van der Waals surface area contributed by atoms with E-state index in [1.165, 1.54) is 23.5 Å². The fourth-order valence-electron chi connectivity index (χ4n) is 3.02. The maximum Gasteiger partial charge on any atom is 0.243 e. The third-order valence-electron chi connectivity index (χ3n) is 4.62. The second kappa shape index (κ2) is 9.32. The van der Waals surface area contributed by atoms with Crippen LogP contribution in [0.1, 0.15) is 0 Å². The molecule has 0 atom stereocenters. The Kier molecular flexibility index (Phi) is 7.02. The van der Waals surface area contributed by atoms with Gasteiger partial charge in [0.1, 0.15) is 5.75 Å². The molecule has 1 aliphatic rings. The minimum Gasteiger partial charge on any atom is -0.497 e. The van der Waals surface area contributed by atoms with Crippen molar-refractivity contribution in [1.82, 2.24) is 9.21 Å². The van der Waals surface area contributed by atoms with E-state index in [9.17, 15) is 13.2 Å². The van der Waals surface area contributed by atoms with E-state index in [1.807, 2.05) is 4.90 Å². The molecule has 0 unspecified atom stereocenters. The summed E-state index contributed by atoms with van der Waals surface area (Å²) in [4.78, 5) is 14.4. The van der Waals surface area contributed by atoms with E-state index in [2.05, 4.69) is 5.32 Å². The second-order valence-corrected chi connectivity index (χ2v) is 9.23. The van der Waals surface area contributed by atoms with Gasteiger partial charge in [-0.15, -0.1) is 0 Å². The predicted molar refractivity (Wildman–Crippen MR) is 113 cm³/mol. The van der Waals surface area contributed by atoms with Crippen LogP contribution in [0.5, 0.6) is 5.75 Å². The highest BCUT2D eigenvalue weighted by atomic mass is 35.5. The quantitative estimate of drug-likeness (QED) is 0.720. The second-order valence-electron chi connectivity index (χ2n) is 6.51. The number of piperazine rings is 1. The van der Waals surface area contributed by atoms with E-state index in [0.29, 0.717) is 42.6 Å². The van der Waals surface area contributed by atoms with Crippen molar-refractivity contribution in [3.8, 4) is 5.75 Å². The number of carbonyl (C=O) groups excluding carboxylic acids is 1. The fraction of sp³-hybridized carbons (Fsp3) is 0.316. The Bertz CT molecular complexity index is 975. The molecule has 1 amide bonds. The highest BCUT2D eigenvalue weighted by molar-refractivity contribution is 7.89. The standard InChI is InChI=1S/C19H21Cl2N3O4S/c1-28-14-5-7-15(8-6-14)29(26,27)24-11-9-23(10-12-24)13-18(25)22-17-4-2-3-16(20)19(17)21/h2-8H,9-13H2,1H3,(H,22,25). The summed E-state index contributed by atoms with van der Waals surface area (Å²) in [6.45, 7) is 1.65. The van der Waals surface area contributed by atoms with Crippen molar-refractivity contribution in [3.05, 3.63) is 52.5 Å². The molecule has 0 aromatic heterocycles. The number of methoxy groups -OCH3 is 1. The summed E-state index contributed by atoms with van der Waals surface area (Å²) >= 11 is 12.0. The molecule has 1 heterocycles. The lowest BCUT2D eigenvalue weighted by molar-refractivity contribution is -0.117. The first-order valence-corrected chi connectivity index (χ1v) is 11.1. The van der Waals surface area contributed by atoms with E-state index in [1.54, 1.807) is 30.3 Å². The number of hydrogen-bond acceptors (Lipinski definition) is 5. The largest absolute Gasteiger partial charge is 0.497 e. The first-order chi connectivity index (χ1) is 13.8. The van der Waals surface area contributed by atoms with Crippen LogP contribution < -0.4 is 10.1 Å². The summed E-state index contributed by atoms with van der Waals surface area (Å²) in [5.41, 5.74) is 0.449. The lowest BCUT2D eigenvalue weighted by Gasteiger charge is -2.33. The van der Waals surface area contributed by atoms with Crippen LogP contribution in [0, 0.1) is 0 Å². The SMILES string of the molecule is COc1ccc(S(=O)(=O)N2CCN(CC(=O)Nc3cccc(Cl)c3Cl)CC2)cc1. The van der Waals surface area contributed by atoms with Gasteiger partial charge in [-0.3, -0.25) is 9.69 Å². The van der Waals surface area contributed by atoms with Gasteiger partial charge in [0.05, 0.1) is 34.3 Å². The Balaban J connectivity index is 1.55. The Hall–Kier alpha value is -1.84. The topological polar surface area (TPSA) is 79.0 Å². The molecule has 1 N–H and O–H groups in total. The number of halogens is 2. The van der Waals surface area contributed by atoms with E-state index in [0.717, 1.165) is 0 Å². The lowest BCUT2D eigenvalue weighted by Crippen LogP contribution is -2.50. The van der Waals surface area contributed by atoms with Crippen LogP contribution in [0.15, 0.2) is 47.4 Å². The number of hydrogen-bond donors (Lipinski definition) is 1. The zero-order valence-corrected chi connectivity index (χ0v) is 18.1. The number of amides is 1. The van der Waals surface area contributed by atoms with Crippen LogP contribution in [0.25, 0.3) is 0 Å². The molecular weight excluding hydrogens is 437 g/mol.